The van der Waals surface area contributed by atoms with Crippen molar-refractivity contribution in [1.82, 2.24) is 0 Å². The Morgan fingerprint density at radius 3 is 2.62 bits per heavy atom. The SMILES string of the molecule is O=C(O)CCc1ccc(OCC2=C(c3ccc(Cl)cc3)CCC2)c(Br)c1. The fourth-order valence-corrected chi connectivity index (χ4v) is 3.86. The molecule has 0 saturated heterocycles. The fourth-order valence-electron chi connectivity index (χ4n) is 3.20. The smallest absolute Gasteiger partial charge is 0.303 e. The summed E-state index contributed by atoms with van der Waals surface area (Å²) in [6, 6.07) is 13.7. The summed E-state index contributed by atoms with van der Waals surface area (Å²) < 4.78 is 6.88. The Labute approximate surface area is 166 Å². The van der Waals surface area contributed by atoms with Crippen LogP contribution in [0, 0.1) is 0 Å². The van der Waals surface area contributed by atoms with Gasteiger partial charge in [0, 0.05) is 11.4 Å². The van der Waals surface area contributed by atoms with Crippen molar-refractivity contribution in [3.05, 3.63) is 68.7 Å². The van der Waals surface area contributed by atoms with E-state index in [9.17, 15) is 4.79 Å². The summed E-state index contributed by atoms with van der Waals surface area (Å²) in [5.74, 6) is -0.0109. The molecule has 0 heterocycles. The number of carboxylic acids is 1. The highest BCUT2D eigenvalue weighted by molar-refractivity contribution is 9.10. The third-order valence-corrected chi connectivity index (χ3v) is 5.42. The van der Waals surface area contributed by atoms with E-state index in [1.165, 1.54) is 16.7 Å². The molecule has 0 saturated carbocycles. The summed E-state index contributed by atoms with van der Waals surface area (Å²) in [7, 11) is 0. The number of benzene rings is 2. The Morgan fingerprint density at radius 2 is 1.92 bits per heavy atom. The lowest BCUT2D eigenvalue weighted by atomic mass is 10.0. The maximum absolute atomic E-state index is 10.7. The van der Waals surface area contributed by atoms with Crippen molar-refractivity contribution in [2.24, 2.45) is 0 Å². The summed E-state index contributed by atoms with van der Waals surface area (Å²) in [5, 5.41) is 9.54. The Morgan fingerprint density at radius 1 is 1.15 bits per heavy atom. The number of allylic oxidation sites excluding steroid dienone is 1. The number of carboxylic acid groups (broad SMARTS) is 1. The molecule has 0 aliphatic heterocycles. The molecule has 26 heavy (non-hydrogen) atoms. The van der Waals surface area contributed by atoms with Gasteiger partial charge >= 0.3 is 5.97 Å². The minimum absolute atomic E-state index is 0.129. The standard InChI is InChI=1S/C21H20BrClO3/c22-19-12-14(5-11-21(24)25)4-10-20(19)26-13-16-2-1-3-18(16)15-6-8-17(23)9-7-15/h4,6-10,12H,1-3,5,11,13H2,(H,24,25). The van der Waals surface area contributed by atoms with Gasteiger partial charge in [-0.1, -0.05) is 29.8 Å². The molecule has 136 valence electrons. The van der Waals surface area contributed by atoms with Crippen LogP contribution >= 0.6 is 27.5 Å². The van der Waals surface area contributed by atoms with Gasteiger partial charge < -0.3 is 9.84 Å². The molecule has 3 nitrogen and oxygen atoms in total. The summed E-state index contributed by atoms with van der Waals surface area (Å²) in [5.41, 5.74) is 4.88. The largest absolute Gasteiger partial charge is 0.488 e. The summed E-state index contributed by atoms with van der Waals surface area (Å²) >= 11 is 9.52. The van der Waals surface area contributed by atoms with Crippen LogP contribution in [-0.4, -0.2) is 17.7 Å². The van der Waals surface area contributed by atoms with Gasteiger partial charge in [0.1, 0.15) is 12.4 Å². The minimum Gasteiger partial charge on any atom is -0.488 e. The average Bonchev–Trinajstić information content (AvgIpc) is 3.08. The van der Waals surface area contributed by atoms with Crippen LogP contribution in [0.5, 0.6) is 5.75 Å². The maximum Gasteiger partial charge on any atom is 0.303 e. The second kappa shape index (κ2) is 8.74. The van der Waals surface area contributed by atoms with E-state index in [4.69, 9.17) is 21.4 Å². The number of ether oxygens (including phenoxy) is 1. The lowest BCUT2D eigenvalue weighted by Gasteiger charge is -2.12. The van der Waals surface area contributed by atoms with Crippen molar-refractivity contribution in [1.29, 1.82) is 0 Å². The first-order chi connectivity index (χ1) is 12.5. The van der Waals surface area contributed by atoms with Crippen LogP contribution in [0.3, 0.4) is 0 Å². The quantitative estimate of drug-likeness (QED) is 0.568. The van der Waals surface area contributed by atoms with Crippen molar-refractivity contribution < 1.29 is 14.6 Å². The van der Waals surface area contributed by atoms with Crippen LogP contribution in [-0.2, 0) is 11.2 Å². The van der Waals surface area contributed by atoms with Crippen molar-refractivity contribution in [3.8, 4) is 5.75 Å². The summed E-state index contributed by atoms with van der Waals surface area (Å²) in [4.78, 5) is 10.7. The van der Waals surface area contributed by atoms with Crippen LogP contribution in [0.2, 0.25) is 5.02 Å². The molecule has 0 radical (unpaired) electrons. The van der Waals surface area contributed by atoms with E-state index in [1.807, 2.05) is 30.3 Å². The number of aryl methyl sites for hydroxylation is 1. The molecule has 1 aliphatic rings. The van der Waals surface area contributed by atoms with Crippen LogP contribution in [0.15, 0.2) is 52.5 Å². The molecular weight excluding hydrogens is 416 g/mol. The van der Waals surface area contributed by atoms with E-state index >= 15 is 0 Å². The Kier molecular flexibility index (Phi) is 6.38. The lowest BCUT2D eigenvalue weighted by molar-refractivity contribution is -0.136. The Balaban J connectivity index is 1.68. The van der Waals surface area contributed by atoms with Crippen molar-refractivity contribution >= 4 is 39.1 Å². The number of rotatable bonds is 7. The average molecular weight is 436 g/mol. The van der Waals surface area contributed by atoms with E-state index in [-0.39, 0.29) is 6.42 Å². The number of aliphatic carboxylic acids is 1. The first kappa shape index (κ1) is 19.0. The predicted molar refractivity (Wildman–Crippen MR) is 108 cm³/mol. The highest BCUT2D eigenvalue weighted by atomic mass is 79.9. The summed E-state index contributed by atoms with van der Waals surface area (Å²) in [6.45, 7) is 0.561. The molecular formula is C21H20BrClO3. The van der Waals surface area contributed by atoms with Gasteiger partial charge in [0.15, 0.2) is 0 Å². The van der Waals surface area contributed by atoms with Crippen LogP contribution < -0.4 is 4.74 Å². The molecule has 5 heteroatoms. The van der Waals surface area contributed by atoms with Gasteiger partial charge in [-0.2, -0.15) is 0 Å². The van der Waals surface area contributed by atoms with E-state index in [0.29, 0.717) is 13.0 Å². The van der Waals surface area contributed by atoms with E-state index in [1.54, 1.807) is 0 Å². The van der Waals surface area contributed by atoms with Gasteiger partial charge in [-0.25, -0.2) is 0 Å². The first-order valence-electron chi connectivity index (χ1n) is 8.63. The van der Waals surface area contributed by atoms with Crippen LogP contribution in [0.1, 0.15) is 36.8 Å². The fraction of sp³-hybridized carbons (Fsp3) is 0.286. The maximum atomic E-state index is 10.7. The van der Waals surface area contributed by atoms with E-state index in [2.05, 4.69) is 28.1 Å². The molecule has 0 bridgehead atoms. The molecule has 0 amide bonds. The van der Waals surface area contributed by atoms with Crippen LogP contribution in [0.4, 0.5) is 0 Å². The van der Waals surface area contributed by atoms with Gasteiger partial charge in [-0.3, -0.25) is 4.79 Å². The molecule has 2 aromatic carbocycles. The van der Waals surface area contributed by atoms with Gasteiger partial charge in [0.2, 0.25) is 0 Å². The van der Waals surface area contributed by atoms with Crippen molar-refractivity contribution in [2.45, 2.75) is 32.1 Å². The van der Waals surface area contributed by atoms with Crippen LogP contribution in [0.25, 0.3) is 5.57 Å². The van der Waals surface area contributed by atoms with Crippen molar-refractivity contribution in [2.75, 3.05) is 6.61 Å². The summed E-state index contributed by atoms with van der Waals surface area (Å²) in [6.07, 6.45) is 3.90. The Hall–Kier alpha value is -1.78. The molecule has 0 fully saturated rings. The molecule has 0 atom stereocenters. The molecule has 0 spiro atoms. The molecule has 0 unspecified atom stereocenters. The highest BCUT2D eigenvalue weighted by Crippen LogP contribution is 2.35. The molecule has 1 N–H and O–H groups in total. The number of halogens is 2. The second-order valence-electron chi connectivity index (χ2n) is 6.39. The zero-order chi connectivity index (χ0) is 18.5. The number of hydrogen-bond donors (Lipinski definition) is 1. The van der Waals surface area contributed by atoms with E-state index in [0.717, 1.165) is 40.1 Å². The van der Waals surface area contributed by atoms with Gasteiger partial charge in [-0.15, -0.1) is 0 Å². The zero-order valence-electron chi connectivity index (χ0n) is 14.3. The third kappa shape index (κ3) is 4.89. The lowest BCUT2D eigenvalue weighted by Crippen LogP contribution is -2.02. The minimum atomic E-state index is -0.788. The van der Waals surface area contributed by atoms with Gasteiger partial charge in [-0.05, 0) is 88.2 Å². The van der Waals surface area contributed by atoms with Crippen molar-refractivity contribution in [3.63, 3.8) is 0 Å². The first-order valence-corrected chi connectivity index (χ1v) is 9.80. The Bertz CT molecular complexity index is 828. The number of hydrogen-bond acceptors (Lipinski definition) is 2. The molecule has 0 aromatic heterocycles. The topological polar surface area (TPSA) is 46.5 Å². The monoisotopic (exact) mass is 434 g/mol. The normalized spacial score (nSPS) is 13.9. The molecule has 1 aliphatic carbocycles. The predicted octanol–water partition coefficient (Wildman–Crippen LogP) is 6.14. The second-order valence-corrected chi connectivity index (χ2v) is 7.68. The molecule has 3 rings (SSSR count). The third-order valence-electron chi connectivity index (χ3n) is 4.55. The highest BCUT2D eigenvalue weighted by Gasteiger charge is 2.17. The number of carbonyl (C=O) groups is 1. The van der Waals surface area contributed by atoms with E-state index < -0.39 is 5.97 Å². The zero-order valence-corrected chi connectivity index (χ0v) is 16.6. The molecule has 2 aromatic rings. The van der Waals surface area contributed by atoms with Gasteiger partial charge in [0.25, 0.3) is 0 Å². The van der Waals surface area contributed by atoms with Gasteiger partial charge in [0.05, 0.1) is 4.47 Å².